The number of hydrogen-bond donors (Lipinski definition) is 0. The summed E-state index contributed by atoms with van der Waals surface area (Å²) >= 11 is 0. The highest BCUT2D eigenvalue weighted by Crippen LogP contribution is 2.15. The third-order valence-electron chi connectivity index (χ3n) is 1.90. The first-order valence-corrected chi connectivity index (χ1v) is 5.29. The molecule has 0 amide bonds. The minimum atomic E-state index is 0.825. The van der Waals surface area contributed by atoms with Gasteiger partial charge in [-0.3, -0.25) is 0 Å². The summed E-state index contributed by atoms with van der Waals surface area (Å²) < 4.78 is 0. The summed E-state index contributed by atoms with van der Waals surface area (Å²) in [6.07, 6.45) is 4.85. The molecule has 0 saturated carbocycles. The van der Waals surface area contributed by atoms with E-state index in [1.165, 1.54) is 11.1 Å². The van der Waals surface area contributed by atoms with Gasteiger partial charge in [-0.15, -0.1) is 5.92 Å². The van der Waals surface area contributed by atoms with Crippen LogP contribution in [0.1, 0.15) is 26.7 Å². The van der Waals surface area contributed by atoms with Crippen molar-refractivity contribution in [3.8, 4) is 11.8 Å². The molecule has 0 spiro atoms. The Kier molecular flexibility index (Phi) is 7.55. The zero-order valence-corrected chi connectivity index (χ0v) is 10.2. The van der Waals surface area contributed by atoms with Crippen LogP contribution in [0.5, 0.6) is 0 Å². The van der Waals surface area contributed by atoms with Crippen LogP contribution < -0.4 is 0 Å². The van der Waals surface area contributed by atoms with Gasteiger partial charge in [0.2, 0.25) is 0 Å². The fourth-order valence-corrected chi connectivity index (χ4v) is 1.36. The first-order valence-electron chi connectivity index (χ1n) is 5.29. The van der Waals surface area contributed by atoms with Crippen LogP contribution >= 0.6 is 0 Å². The first kappa shape index (κ1) is 13.8. The SMILES string of the molecule is C=C(C)C/C(=C/C(=C)C[B]C)CC#CC. The van der Waals surface area contributed by atoms with E-state index in [1.54, 1.807) is 0 Å². The molecule has 0 aliphatic rings. The van der Waals surface area contributed by atoms with E-state index < -0.39 is 0 Å². The molecule has 0 bridgehead atoms. The van der Waals surface area contributed by atoms with Crippen molar-refractivity contribution in [2.75, 3.05) is 0 Å². The lowest BCUT2D eigenvalue weighted by molar-refractivity contribution is 1.06. The lowest BCUT2D eigenvalue weighted by atomic mass is 9.75. The molecule has 0 aromatic rings. The summed E-state index contributed by atoms with van der Waals surface area (Å²) in [5.41, 5.74) is 3.63. The van der Waals surface area contributed by atoms with Gasteiger partial charge in [0.1, 0.15) is 7.28 Å². The maximum Gasteiger partial charge on any atom is 0.111 e. The van der Waals surface area contributed by atoms with Crippen LogP contribution in [-0.2, 0) is 0 Å². The molecule has 0 rings (SSSR count). The average Bonchev–Trinajstić information content (AvgIpc) is 2.13. The van der Waals surface area contributed by atoms with Crippen LogP contribution in [0.4, 0.5) is 0 Å². The number of hydrogen-bond acceptors (Lipinski definition) is 0. The van der Waals surface area contributed by atoms with Gasteiger partial charge in [-0.2, -0.15) is 0 Å². The van der Waals surface area contributed by atoms with E-state index in [0.717, 1.165) is 24.7 Å². The zero-order valence-electron chi connectivity index (χ0n) is 10.2. The highest BCUT2D eigenvalue weighted by atomic mass is 14.0. The van der Waals surface area contributed by atoms with Crippen LogP contribution in [0.15, 0.2) is 36.0 Å². The second-order valence-corrected chi connectivity index (χ2v) is 3.81. The van der Waals surface area contributed by atoms with E-state index >= 15 is 0 Å². The Morgan fingerprint density at radius 1 is 1.40 bits per heavy atom. The summed E-state index contributed by atoms with van der Waals surface area (Å²) in [5, 5.41) is 0. The Bertz CT molecular complexity index is 310. The molecule has 79 valence electrons. The van der Waals surface area contributed by atoms with E-state index in [4.69, 9.17) is 0 Å². The number of allylic oxidation sites excluding steroid dienone is 4. The van der Waals surface area contributed by atoms with E-state index in [0.29, 0.717) is 0 Å². The summed E-state index contributed by atoms with van der Waals surface area (Å²) in [7, 11) is 2.11. The minimum Gasteiger partial charge on any atom is -0.106 e. The molecule has 15 heavy (non-hydrogen) atoms. The van der Waals surface area contributed by atoms with E-state index in [-0.39, 0.29) is 0 Å². The Balaban J connectivity index is 4.49. The maximum absolute atomic E-state index is 4.01. The fraction of sp³-hybridized carbons (Fsp3) is 0.429. The van der Waals surface area contributed by atoms with Crippen molar-refractivity contribution in [2.45, 2.75) is 39.8 Å². The van der Waals surface area contributed by atoms with Gasteiger partial charge in [-0.25, -0.2) is 0 Å². The summed E-state index contributed by atoms with van der Waals surface area (Å²) in [4.78, 5) is 0. The van der Waals surface area contributed by atoms with Crippen LogP contribution in [0.2, 0.25) is 13.1 Å². The van der Waals surface area contributed by atoms with Crippen molar-refractivity contribution in [1.29, 1.82) is 0 Å². The molecular formula is C14H20B. The van der Waals surface area contributed by atoms with Crippen LogP contribution in [0, 0.1) is 11.8 Å². The Labute approximate surface area is 95.4 Å². The van der Waals surface area contributed by atoms with Crippen molar-refractivity contribution >= 4 is 7.28 Å². The lowest BCUT2D eigenvalue weighted by Gasteiger charge is -2.05. The van der Waals surface area contributed by atoms with E-state index in [1.807, 2.05) is 20.7 Å². The maximum atomic E-state index is 4.01. The largest absolute Gasteiger partial charge is 0.111 e. The van der Waals surface area contributed by atoms with Crippen molar-refractivity contribution in [3.63, 3.8) is 0 Å². The summed E-state index contributed by atoms with van der Waals surface area (Å²) in [6.45, 7) is 13.9. The first-order chi connectivity index (χ1) is 7.10. The monoisotopic (exact) mass is 199 g/mol. The molecule has 0 heterocycles. The van der Waals surface area contributed by atoms with Gasteiger partial charge >= 0.3 is 0 Å². The Hall–Kier alpha value is -1.16. The molecule has 0 aliphatic heterocycles. The van der Waals surface area contributed by atoms with Crippen molar-refractivity contribution in [2.24, 2.45) is 0 Å². The van der Waals surface area contributed by atoms with Gasteiger partial charge in [0, 0.05) is 6.42 Å². The molecule has 0 fully saturated rings. The fourth-order valence-electron chi connectivity index (χ4n) is 1.36. The number of rotatable bonds is 6. The predicted octanol–water partition coefficient (Wildman–Crippen LogP) is 4.02. The molecule has 0 unspecified atom stereocenters. The highest BCUT2D eigenvalue weighted by molar-refractivity contribution is 6.34. The third-order valence-corrected chi connectivity index (χ3v) is 1.90. The lowest BCUT2D eigenvalue weighted by Crippen LogP contribution is -1.88. The third kappa shape index (κ3) is 7.88. The average molecular weight is 199 g/mol. The second-order valence-electron chi connectivity index (χ2n) is 3.81. The standard InChI is InChI=1S/C14H20B/c1-6-7-8-14(9-12(2)3)10-13(4)11-15-5/h10H,2,4,8-9,11H2,1,3,5H3/b14-10+. The smallest absolute Gasteiger partial charge is 0.106 e. The van der Waals surface area contributed by atoms with Crippen LogP contribution in [0.25, 0.3) is 0 Å². The van der Waals surface area contributed by atoms with Crippen molar-refractivity contribution in [3.05, 3.63) is 36.0 Å². The quantitative estimate of drug-likeness (QED) is 0.262. The van der Waals surface area contributed by atoms with Crippen molar-refractivity contribution < 1.29 is 0 Å². The van der Waals surface area contributed by atoms with E-state index in [2.05, 4.69) is 38.4 Å². The topological polar surface area (TPSA) is 0 Å². The van der Waals surface area contributed by atoms with Gasteiger partial charge in [-0.05, 0) is 20.3 Å². The van der Waals surface area contributed by atoms with Gasteiger partial charge < -0.3 is 0 Å². The Morgan fingerprint density at radius 2 is 2.07 bits per heavy atom. The summed E-state index contributed by atoms with van der Waals surface area (Å²) in [6, 6.07) is 0. The van der Waals surface area contributed by atoms with Crippen LogP contribution in [0.3, 0.4) is 0 Å². The molecule has 1 radical (unpaired) electrons. The normalized spacial score (nSPS) is 10.2. The predicted molar refractivity (Wildman–Crippen MR) is 71.1 cm³/mol. The molecule has 0 aliphatic carbocycles. The summed E-state index contributed by atoms with van der Waals surface area (Å²) in [5.74, 6) is 6.01. The van der Waals surface area contributed by atoms with Gasteiger partial charge in [0.25, 0.3) is 0 Å². The van der Waals surface area contributed by atoms with Gasteiger partial charge in [-0.1, -0.05) is 55.0 Å². The molecule has 0 atom stereocenters. The molecule has 0 aromatic carbocycles. The highest BCUT2D eigenvalue weighted by Gasteiger charge is 1.98. The molecule has 0 saturated heterocycles. The molecule has 0 nitrogen and oxygen atoms in total. The molecule has 0 N–H and O–H groups in total. The van der Waals surface area contributed by atoms with Gasteiger partial charge in [0.05, 0.1) is 0 Å². The van der Waals surface area contributed by atoms with Crippen molar-refractivity contribution in [1.82, 2.24) is 0 Å². The molecular weight excluding hydrogens is 179 g/mol. The second kappa shape index (κ2) is 8.18. The Morgan fingerprint density at radius 3 is 2.53 bits per heavy atom. The minimum absolute atomic E-state index is 0.825. The molecule has 0 aromatic heterocycles. The van der Waals surface area contributed by atoms with Crippen LogP contribution in [-0.4, -0.2) is 7.28 Å². The molecule has 1 heteroatoms. The zero-order chi connectivity index (χ0) is 11.7. The van der Waals surface area contributed by atoms with Gasteiger partial charge in [0.15, 0.2) is 0 Å². The van der Waals surface area contributed by atoms with E-state index in [9.17, 15) is 0 Å².